The third kappa shape index (κ3) is 2.17. The molecule has 0 radical (unpaired) electrons. The predicted octanol–water partition coefficient (Wildman–Crippen LogP) is 1.87. The summed E-state index contributed by atoms with van der Waals surface area (Å²) >= 11 is 1.95. The van der Waals surface area contributed by atoms with Gasteiger partial charge in [0.05, 0.1) is 0 Å². The van der Waals surface area contributed by atoms with Crippen LogP contribution in [0, 0.1) is 5.41 Å². The van der Waals surface area contributed by atoms with E-state index in [9.17, 15) is 0 Å². The summed E-state index contributed by atoms with van der Waals surface area (Å²) in [5, 5.41) is 0. The van der Waals surface area contributed by atoms with E-state index >= 15 is 0 Å². The zero-order valence-electron chi connectivity index (χ0n) is 6.73. The lowest BCUT2D eigenvalue weighted by atomic mass is 10.00. The summed E-state index contributed by atoms with van der Waals surface area (Å²) in [6.45, 7) is 0.883. The van der Waals surface area contributed by atoms with Gasteiger partial charge in [-0.3, -0.25) is 0 Å². The summed E-state index contributed by atoms with van der Waals surface area (Å²) in [5.41, 5.74) is 6.23. The van der Waals surface area contributed by atoms with Gasteiger partial charge in [-0.25, -0.2) is 0 Å². The second-order valence-electron chi connectivity index (χ2n) is 3.28. The molecule has 0 spiro atoms. The third-order valence-corrected chi connectivity index (χ3v) is 3.08. The first-order chi connectivity index (χ1) is 4.83. The van der Waals surface area contributed by atoms with Crippen molar-refractivity contribution in [1.29, 1.82) is 0 Å². The Kier molecular flexibility index (Phi) is 3.05. The van der Waals surface area contributed by atoms with E-state index in [4.69, 9.17) is 5.73 Å². The summed E-state index contributed by atoms with van der Waals surface area (Å²) in [6, 6.07) is 0. The molecule has 2 N–H and O–H groups in total. The molecule has 0 atom stereocenters. The highest BCUT2D eigenvalue weighted by Gasteiger charge is 2.40. The van der Waals surface area contributed by atoms with Crippen molar-refractivity contribution in [2.75, 3.05) is 18.6 Å². The molecule has 10 heavy (non-hydrogen) atoms. The van der Waals surface area contributed by atoms with E-state index in [2.05, 4.69) is 6.26 Å². The average molecular weight is 159 g/mol. The summed E-state index contributed by atoms with van der Waals surface area (Å²) in [6.07, 6.45) is 7.70. The van der Waals surface area contributed by atoms with Gasteiger partial charge in [-0.15, -0.1) is 0 Å². The monoisotopic (exact) mass is 159 g/mol. The first kappa shape index (κ1) is 8.41. The minimum atomic E-state index is 0.706. The van der Waals surface area contributed by atoms with E-state index in [1.165, 1.54) is 31.4 Å². The Labute approximate surface area is 67.8 Å². The summed E-state index contributed by atoms with van der Waals surface area (Å²) in [5.74, 6) is 1.32. The fourth-order valence-corrected chi connectivity index (χ4v) is 2.06. The van der Waals surface area contributed by atoms with Crippen molar-refractivity contribution >= 4 is 11.8 Å². The molecule has 0 amide bonds. The number of rotatable bonds is 5. The smallest absolute Gasteiger partial charge is 0.00650 e. The molecule has 1 rings (SSSR count). The third-order valence-electron chi connectivity index (χ3n) is 2.47. The number of hydrogen-bond acceptors (Lipinski definition) is 2. The first-order valence-electron chi connectivity index (χ1n) is 4.02. The molecular weight excluding hydrogens is 142 g/mol. The van der Waals surface area contributed by atoms with Crippen LogP contribution in [0.2, 0.25) is 0 Å². The van der Waals surface area contributed by atoms with E-state index in [-0.39, 0.29) is 0 Å². The van der Waals surface area contributed by atoms with Crippen molar-refractivity contribution in [2.24, 2.45) is 11.1 Å². The van der Waals surface area contributed by atoms with Gasteiger partial charge in [0.1, 0.15) is 0 Å². The van der Waals surface area contributed by atoms with E-state index in [1.807, 2.05) is 11.8 Å². The molecule has 1 nitrogen and oxygen atoms in total. The Bertz CT molecular complexity index is 99.4. The maximum absolute atomic E-state index is 5.52. The molecular formula is C8H17NS. The molecule has 1 saturated carbocycles. The zero-order valence-corrected chi connectivity index (χ0v) is 7.54. The molecule has 1 aliphatic rings. The van der Waals surface area contributed by atoms with Crippen LogP contribution in [0.4, 0.5) is 0 Å². The van der Waals surface area contributed by atoms with Crippen molar-refractivity contribution in [3.05, 3.63) is 0 Å². The van der Waals surface area contributed by atoms with Crippen molar-refractivity contribution in [3.8, 4) is 0 Å². The van der Waals surface area contributed by atoms with Crippen LogP contribution in [0.5, 0.6) is 0 Å². The molecule has 0 aromatic heterocycles. The lowest BCUT2D eigenvalue weighted by Gasteiger charge is -2.11. The number of hydrogen-bond donors (Lipinski definition) is 1. The van der Waals surface area contributed by atoms with E-state index < -0.39 is 0 Å². The van der Waals surface area contributed by atoms with Crippen LogP contribution in [-0.4, -0.2) is 18.6 Å². The SMILES string of the molecule is CSCCC1(CCN)CC1. The molecule has 60 valence electrons. The van der Waals surface area contributed by atoms with Crippen molar-refractivity contribution in [2.45, 2.75) is 25.7 Å². The number of nitrogens with two attached hydrogens (primary N) is 1. The maximum atomic E-state index is 5.52. The van der Waals surface area contributed by atoms with Gasteiger partial charge in [-0.1, -0.05) is 0 Å². The van der Waals surface area contributed by atoms with Crippen LogP contribution in [0.15, 0.2) is 0 Å². The Morgan fingerprint density at radius 3 is 2.50 bits per heavy atom. The van der Waals surface area contributed by atoms with Gasteiger partial charge in [0.25, 0.3) is 0 Å². The second-order valence-corrected chi connectivity index (χ2v) is 4.27. The molecule has 1 fully saturated rings. The van der Waals surface area contributed by atoms with Crippen LogP contribution in [0.3, 0.4) is 0 Å². The van der Waals surface area contributed by atoms with Crippen molar-refractivity contribution < 1.29 is 0 Å². The topological polar surface area (TPSA) is 26.0 Å². The fraction of sp³-hybridized carbons (Fsp3) is 1.00. The Morgan fingerprint density at radius 1 is 1.40 bits per heavy atom. The fourth-order valence-electron chi connectivity index (χ4n) is 1.43. The minimum absolute atomic E-state index is 0.706. The molecule has 0 unspecified atom stereocenters. The molecule has 1 aliphatic carbocycles. The highest BCUT2D eigenvalue weighted by molar-refractivity contribution is 7.98. The largest absolute Gasteiger partial charge is 0.330 e. The van der Waals surface area contributed by atoms with Crippen LogP contribution in [0.25, 0.3) is 0 Å². The van der Waals surface area contributed by atoms with Crippen molar-refractivity contribution in [1.82, 2.24) is 0 Å². The molecule has 0 saturated heterocycles. The van der Waals surface area contributed by atoms with Gasteiger partial charge in [-0.05, 0) is 49.7 Å². The van der Waals surface area contributed by atoms with Crippen LogP contribution < -0.4 is 5.73 Å². The predicted molar refractivity (Wildman–Crippen MR) is 48.3 cm³/mol. The van der Waals surface area contributed by atoms with Crippen LogP contribution in [0.1, 0.15) is 25.7 Å². The van der Waals surface area contributed by atoms with E-state index in [0.717, 1.165) is 6.54 Å². The summed E-state index contributed by atoms with van der Waals surface area (Å²) in [7, 11) is 0. The Hall–Kier alpha value is 0.310. The lowest BCUT2D eigenvalue weighted by molar-refractivity contribution is 0.461. The van der Waals surface area contributed by atoms with Gasteiger partial charge in [0.2, 0.25) is 0 Å². The van der Waals surface area contributed by atoms with E-state index in [1.54, 1.807) is 0 Å². The van der Waals surface area contributed by atoms with Gasteiger partial charge in [-0.2, -0.15) is 11.8 Å². The molecule has 2 heteroatoms. The first-order valence-corrected chi connectivity index (χ1v) is 5.41. The zero-order chi connectivity index (χ0) is 7.45. The van der Waals surface area contributed by atoms with E-state index in [0.29, 0.717) is 5.41 Å². The van der Waals surface area contributed by atoms with Gasteiger partial charge >= 0.3 is 0 Å². The highest BCUT2D eigenvalue weighted by Crippen LogP contribution is 2.51. The molecule has 0 aromatic rings. The number of thioether (sulfide) groups is 1. The minimum Gasteiger partial charge on any atom is -0.330 e. The summed E-state index contributed by atoms with van der Waals surface area (Å²) < 4.78 is 0. The molecule has 0 bridgehead atoms. The van der Waals surface area contributed by atoms with Gasteiger partial charge < -0.3 is 5.73 Å². The molecule has 0 heterocycles. The second kappa shape index (κ2) is 3.63. The average Bonchev–Trinajstić information content (AvgIpc) is 2.67. The lowest BCUT2D eigenvalue weighted by Crippen LogP contribution is -2.09. The Balaban J connectivity index is 2.11. The van der Waals surface area contributed by atoms with Crippen molar-refractivity contribution in [3.63, 3.8) is 0 Å². The Morgan fingerprint density at radius 2 is 2.10 bits per heavy atom. The van der Waals surface area contributed by atoms with Crippen LogP contribution in [-0.2, 0) is 0 Å². The summed E-state index contributed by atoms with van der Waals surface area (Å²) in [4.78, 5) is 0. The standard InChI is InChI=1S/C8H17NS/c1-10-7-5-8(2-3-8)4-6-9/h2-7,9H2,1H3. The maximum Gasteiger partial charge on any atom is -0.00650 e. The molecule has 0 aliphatic heterocycles. The van der Waals surface area contributed by atoms with Gasteiger partial charge in [0.15, 0.2) is 0 Å². The molecule has 0 aromatic carbocycles. The highest BCUT2D eigenvalue weighted by atomic mass is 32.2. The normalized spacial score (nSPS) is 21.0. The van der Waals surface area contributed by atoms with Gasteiger partial charge in [0, 0.05) is 0 Å². The quantitative estimate of drug-likeness (QED) is 0.662. The van der Waals surface area contributed by atoms with Crippen LogP contribution >= 0.6 is 11.8 Å².